The van der Waals surface area contributed by atoms with Crippen molar-refractivity contribution < 1.29 is 9.18 Å². The first kappa shape index (κ1) is 27.4. The zero-order chi connectivity index (χ0) is 29.0. The van der Waals surface area contributed by atoms with Gasteiger partial charge in [-0.25, -0.2) is 9.37 Å². The average Bonchev–Trinajstić information content (AvgIpc) is 3.43. The molecule has 2 aromatic carbocycles. The minimum Gasteiger partial charge on any atom is -0.349 e. The summed E-state index contributed by atoms with van der Waals surface area (Å²) < 4.78 is 16.9. The van der Waals surface area contributed by atoms with Crippen molar-refractivity contribution in [3.8, 4) is 11.1 Å². The molecule has 2 saturated heterocycles. The second kappa shape index (κ2) is 10.6. The minimum absolute atomic E-state index is 0.0754. The lowest BCUT2D eigenvalue weighted by molar-refractivity contribution is -0.128. The lowest BCUT2D eigenvalue weighted by atomic mass is 9.95. The number of rotatable bonds is 4. The van der Waals surface area contributed by atoms with Crippen molar-refractivity contribution in [1.29, 1.82) is 0 Å². The number of carbonyl (C=O) groups is 1. The molecule has 2 aromatic heterocycles. The first-order chi connectivity index (χ1) is 19.7. The molecule has 2 aliphatic heterocycles. The fraction of sp³-hybridized carbons (Fsp3) is 0.400. The van der Waals surface area contributed by atoms with Gasteiger partial charge < -0.3 is 14.7 Å². The maximum atomic E-state index is 16.9. The predicted octanol–water partition coefficient (Wildman–Crippen LogP) is 4.99. The molecule has 4 aromatic rings. The number of amides is 1. The topological polar surface area (TPSA) is 84.5 Å². The number of hydrogen-bond acceptors (Lipinski definition) is 7. The number of H-pyrrole nitrogens is 1. The van der Waals surface area contributed by atoms with Crippen LogP contribution in [0, 0.1) is 12.7 Å². The summed E-state index contributed by atoms with van der Waals surface area (Å²) in [6.07, 6.45) is 4.01. The number of aromatic nitrogens is 4. The van der Waals surface area contributed by atoms with E-state index in [1.54, 1.807) is 12.3 Å². The molecule has 0 radical (unpaired) electrons. The summed E-state index contributed by atoms with van der Waals surface area (Å²) in [6.45, 7) is 13.1. The maximum absolute atomic E-state index is 16.9. The molecule has 4 heterocycles. The lowest BCUT2D eigenvalue weighted by Gasteiger charge is -2.45. The quantitative estimate of drug-likeness (QED) is 0.343. The molecule has 2 aliphatic rings. The molecule has 11 heteroatoms. The van der Waals surface area contributed by atoms with Crippen LogP contribution in [0.5, 0.6) is 0 Å². The van der Waals surface area contributed by atoms with Gasteiger partial charge in [0.25, 0.3) is 0 Å². The monoisotopic (exact) mass is 576 g/mol. The molecule has 0 bridgehead atoms. The molecule has 0 saturated carbocycles. The van der Waals surface area contributed by atoms with Gasteiger partial charge in [-0.1, -0.05) is 24.2 Å². The predicted molar refractivity (Wildman–Crippen MR) is 162 cm³/mol. The number of benzene rings is 2. The van der Waals surface area contributed by atoms with Gasteiger partial charge in [-0.3, -0.25) is 14.8 Å². The molecule has 214 valence electrons. The third kappa shape index (κ3) is 4.68. The summed E-state index contributed by atoms with van der Waals surface area (Å²) >= 11 is 6.92. The summed E-state index contributed by atoms with van der Waals surface area (Å²) in [5.41, 5.74) is 2.91. The Labute approximate surface area is 243 Å². The third-order valence-electron chi connectivity index (χ3n) is 8.31. The fourth-order valence-corrected chi connectivity index (χ4v) is 6.48. The van der Waals surface area contributed by atoms with E-state index < -0.39 is 5.82 Å². The van der Waals surface area contributed by atoms with Crippen LogP contribution in [0.15, 0.2) is 37.1 Å². The number of nitrogens with zero attached hydrogens (tertiary/aromatic N) is 7. The van der Waals surface area contributed by atoms with Crippen molar-refractivity contribution in [2.45, 2.75) is 39.3 Å². The zero-order valence-corrected chi connectivity index (χ0v) is 24.5. The highest BCUT2D eigenvalue weighted by Crippen LogP contribution is 2.43. The van der Waals surface area contributed by atoms with E-state index in [9.17, 15) is 4.79 Å². The van der Waals surface area contributed by atoms with Gasteiger partial charge in [-0.05, 0) is 58.0 Å². The van der Waals surface area contributed by atoms with Gasteiger partial charge in [0.15, 0.2) is 5.82 Å². The first-order valence-electron chi connectivity index (χ1n) is 13.9. The largest absolute Gasteiger partial charge is 0.349 e. The van der Waals surface area contributed by atoms with E-state index in [1.165, 1.54) is 6.08 Å². The second-order valence-corrected chi connectivity index (χ2v) is 11.7. The standard InChI is InChI=1S/C30H34ClFN8O/c1-6-24(41)39-14-19(4)40(15-18(39)3)29-20-12-22(31)26(25-17(2)8-9-23-21(25)13-33-36-23)27(32)28(20)34-30(35-29)38-11-7-10-37(5)16-38/h6,8-9,12-13,18-19H,1,7,10-11,14-16H2,2-5H3,(H,33,36)/t18-,19+/m1/s1. The van der Waals surface area contributed by atoms with Gasteiger partial charge in [-0.2, -0.15) is 10.1 Å². The van der Waals surface area contributed by atoms with E-state index >= 15 is 4.39 Å². The van der Waals surface area contributed by atoms with E-state index in [0.717, 1.165) is 36.0 Å². The van der Waals surface area contributed by atoms with Crippen molar-refractivity contribution in [2.24, 2.45) is 0 Å². The van der Waals surface area contributed by atoms with E-state index in [2.05, 4.69) is 38.5 Å². The number of halogens is 2. The van der Waals surface area contributed by atoms with Crippen molar-refractivity contribution in [2.75, 3.05) is 49.7 Å². The van der Waals surface area contributed by atoms with Gasteiger partial charge in [-0.15, -0.1) is 0 Å². The van der Waals surface area contributed by atoms with Crippen molar-refractivity contribution in [3.63, 3.8) is 0 Å². The smallest absolute Gasteiger partial charge is 0.246 e. The highest BCUT2D eigenvalue weighted by molar-refractivity contribution is 6.35. The molecule has 2 atom stereocenters. The second-order valence-electron chi connectivity index (χ2n) is 11.3. The Morgan fingerprint density at radius 2 is 1.95 bits per heavy atom. The van der Waals surface area contributed by atoms with Gasteiger partial charge in [0, 0.05) is 60.2 Å². The fourth-order valence-electron chi connectivity index (χ4n) is 6.19. The molecule has 2 fully saturated rings. The number of carbonyl (C=O) groups excluding carboxylic acids is 1. The zero-order valence-electron chi connectivity index (χ0n) is 23.8. The average molecular weight is 577 g/mol. The summed E-state index contributed by atoms with van der Waals surface area (Å²) in [6, 6.07) is 5.48. The highest BCUT2D eigenvalue weighted by Gasteiger charge is 2.34. The van der Waals surface area contributed by atoms with E-state index in [0.29, 0.717) is 48.0 Å². The molecule has 9 nitrogen and oxygen atoms in total. The Bertz CT molecular complexity index is 1670. The third-order valence-corrected chi connectivity index (χ3v) is 8.61. The Morgan fingerprint density at radius 1 is 1.15 bits per heavy atom. The number of aryl methyl sites for hydroxylation is 1. The Hall–Kier alpha value is -3.76. The molecule has 1 N–H and O–H groups in total. The Balaban J connectivity index is 1.57. The molecule has 0 spiro atoms. The maximum Gasteiger partial charge on any atom is 0.246 e. The van der Waals surface area contributed by atoms with Gasteiger partial charge in [0.2, 0.25) is 11.9 Å². The van der Waals surface area contributed by atoms with E-state index in [4.69, 9.17) is 21.6 Å². The van der Waals surface area contributed by atoms with Crippen LogP contribution in [0.4, 0.5) is 16.2 Å². The number of nitrogens with one attached hydrogen (secondary N) is 1. The number of hydrogen-bond donors (Lipinski definition) is 1. The van der Waals surface area contributed by atoms with Gasteiger partial charge in [0.1, 0.15) is 11.3 Å². The molecule has 6 rings (SSSR count). The lowest BCUT2D eigenvalue weighted by Crippen LogP contribution is -2.58. The van der Waals surface area contributed by atoms with Crippen LogP contribution in [-0.4, -0.2) is 87.9 Å². The minimum atomic E-state index is -0.485. The molecule has 1 amide bonds. The molecular weight excluding hydrogens is 543 g/mol. The van der Waals surface area contributed by atoms with Crippen LogP contribution >= 0.6 is 11.6 Å². The number of fused-ring (bicyclic) bond motifs is 2. The van der Waals surface area contributed by atoms with Crippen molar-refractivity contribution >= 4 is 51.1 Å². The van der Waals surface area contributed by atoms with Crippen molar-refractivity contribution in [1.82, 2.24) is 30.0 Å². The normalized spacial score (nSPS) is 20.3. The van der Waals surface area contributed by atoms with Crippen LogP contribution in [0.3, 0.4) is 0 Å². The highest BCUT2D eigenvalue weighted by atomic mass is 35.5. The summed E-state index contributed by atoms with van der Waals surface area (Å²) in [5, 5.41) is 8.77. The Kier molecular flexibility index (Phi) is 7.07. The number of piperazine rings is 1. The SMILES string of the molecule is C=CC(=O)N1C[C@H](C)N(c2nc(N3CCCN(C)C3)nc3c(F)c(-c4c(C)ccc5[nH]ncc45)c(Cl)cc23)C[C@H]1C. The van der Waals surface area contributed by atoms with E-state index in [1.807, 2.05) is 37.8 Å². The summed E-state index contributed by atoms with van der Waals surface area (Å²) in [4.78, 5) is 30.7. The van der Waals surface area contributed by atoms with Gasteiger partial charge in [0.05, 0.1) is 23.4 Å². The van der Waals surface area contributed by atoms with E-state index in [-0.39, 0.29) is 28.5 Å². The van der Waals surface area contributed by atoms with Crippen LogP contribution in [0.2, 0.25) is 5.02 Å². The molecular formula is C30H34ClFN8O. The molecule has 0 aliphatic carbocycles. The van der Waals surface area contributed by atoms with Crippen LogP contribution in [0.25, 0.3) is 32.9 Å². The number of aromatic amines is 1. The van der Waals surface area contributed by atoms with Crippen LogP contribution in [-0.2, 0) is 4.79 Å². The Morgan fingerprint density at radius 3 is 2.71 bits per heavy atom. The molecule has 41 heavy (non-hydrogen) atoms. The first-order valence-corrected chi connectivity index (χ1v) is 14.3. The van der Waals surface area contributed by atoms with Crippen LogP contribution < -0.4 is 9.80 Å². The number of anilines is 2. The van der Waals surface area contributed by atoms with Crippen molar-refractivity contribution in [3.05, 3.63) is 53.5 Å². The summed E-state index contributed by atoms with van der Waals surface area (Å²) in [5.74, 6) is 0.514. The van der Waals surface area contributed by atoms with Gasteiger partial charge >= 0.3 is 0 Å². The molecule has 0 unspecified atom stereocenters. The summed E-state index contributed by atoms with van der Waals surface area (Å²) in [7, 11) is 2.06. The van der Waals surface area contributed by atoms with Crippen LogP contribution in [0.1, 0.15) is 25.8 Å².